The first-order chi connectivity index (χ1) is 3.27. The van der Waals surface area contributed by atoms with E-state index in [0.29, 0.717) is 5.75 Å². The topological polar surface area (TPSA) is 69.1 Å². The summed E-state index contributed by atoms with van der Waals surface area (Å²) in [6, 6.07) is 0. The first-order valence-electron chi connectivity index (χ1n) is 2.39. The lowest BCUT2D eigenvalue weighted by Crippen LogP contribution is -1.83. The second kappa shape index (κ2) is 10.8. The number of hydrogen-bond acceptors (Lipinski definition) is 3. The van der Waals surface area contributed by atoms with Crippen LogP contribution in [0, 0.1) is 0 Å². The van der Waals surface area contributed by atoms with Gasteiger partial charge in [-0.2, -0.15) is 0 Å². The van der Waals surface area contributed by atoms with Gasteiger partial charge in [-0.1, -0.05) is 13.3 Å². The zero-order valence-corrected chi connectivity index (χ0v) is 6.39. The van der Waals surface area contributed by atoms with Gasteiger partial charge >= 0.3 is 0 Å². The molecule has 0 fully saturated rings. The van der Waals surface area contributed by atoms with Crippen LogP contribution in [0.4, 0.5) is 4.70 Å². The maximum absolute atomic E-state index is 9.80. The van der Waals surface area contributed by atoms with Crippen molar-refractivity contribution < 1.29 is 13.1 Å². The van der Waals surface area contributed by atoms with Crippen molar-refractivity contribution in [2.24, 2.45) is 0 Å². The molecule has 9 heavy (non-hydrogen) atoms. The van der Waals surface area contributed by atoms with Crippen LogP contribution < -0.4 is 6.15 Å². The normalized spacial score (nSPS) is 7.78. The van der Waals surface area contributed by atoms with Gasteiger partial charge in [0.25, 0.3) is 0 Å². The summed E-state index contributed by atoms with van der Waals surface area (Å²) in [5, 5.41) is 0. The lowest BCUT2D eigenvalue weighted by molar-refractivity contribution is 0.611. The summed E-state index contributed by atoms with van der Waals surface area (Å²) in [5.74, 6) is 0.353. The molecule has 0 aromatic carbocycles. The summed E-state index contributed by atoms with van der Waals surface area (Å²) in [7, 11) is -2.11. The van der Waals surface area contributed by atoms with Crippen molar-refractivity contribution in [2.75, 3.05) is 5.75 Å². The molecule has 0 rings (SSSR count). The van der Waals surface area contributed by atoms with Crippen molar-refractivity contribution in [1.82, 2.24) is 6.15 Å². The van der Waals surface area contributed by atoms with E-state index in [4.69, 9.17) is 0 Å². The molecule has 0 aliphatic carbocycles. The molecular weight excluding hydrogens is 145 g/mol. The highest BCUT2D eigenvalue weighted by molar-refractivity contribution is 7.72. The van der Waals surface area contributed by atoms with Gasteiger partial charge in [0.2, 0.25) is 0 Å². The van der Waals surface area contributed by atoms with Crippen LogP contribution in [-0.2, 0) is 10.7 Å². The van der Waals surface area contributed by atoms with Crippen molar-refractivity contribution in [3.8, 4) is 0 Å². The Morgan fingerprint density at radius 3 is 1.89 bits per heavy atom. The van der Waals surface area contributed by atoms with Gasteiger partial charge in [0, 0.05) is 5.75 Å². The predicted molar refractivity (Wildman–Crippen MR) is 37.6 cm³/mol. The third-order valence-electron chi connectivity index (χ3n) is 0.694. The molecule has 0 unspecified atom stereocenters. The molecule has 0 aliphatic rings. The zero-order chi connectivity index (χ0) is 5.70. The van der Waals surface area contributed by atoms with Crippen LogP contribution in [0.15, 0.2) is 0 Å². The molecule has 5 heteroatoms. The van der Waals surface area contributed by atoms with Gasteiger partial charge in [0.1, 0.15) is 10.7 Å². The van der Waals surface area contributed by atoms with Gasteiger partial charge in [0.15, 0.2) is 0 Å². The van der Waals surface area contributed by atoms with Crippen LogP contribution in [0.2, 0.25) is 0 Å². The molecule has 0 saturated carbocycles. The molecule has 0 spiro atoms. The maximum Gasteiger partial charge on any atom is 0.140 e. The highest BCUT2D eigenvalue weighted by atomic mass is 32.2. The first-order valence-corrected chi connectivity index (χ1v) is 3.75. The second-order valence-electron chi connectivity index (χ2n) is 1.41. The molecule has 0 aromatic heterocycles. The Bertz CT molecular complexity index is 96.7. The quantitative estimate of drug-likeness (QED) is 0.596. The van der Waals surface area contributed by atoms with Crippen LogP contribution in [0.5, 0.6) is 0 Å². The van der Waals surface area contributed by atoms with Crippen LogP contribution in [0.25, 0.3) is 0 Å². The van der Waals surface area contributed by atoms with E-state index in [1.807, 2.05) is 6.92 Å². The van der Waals surface area contributed by atoms with Crippen molar-refractivity contribution in [2.45, 2.75) is 19.8 Å². The summed E-state index contributed by atoms with van der Waals surface area (Å²) < 4.78 is 19.6. The lowest BCUT2D eigenvalue weighted by atomic mass is 10.4. The third-order valence-corrected chi connectivity index (χ3v) is 1.38. The molecule has 0 heterocycles. The zero-order valence-electron chi connectivity index (χ0n) is 5.50. The maximum atomic E-state index is 9.80. The summed E-state index contributed by atoms with van der Waals surface area (Å²) in [6.45, 7) is 1.97. The summed E-state index contributed by atoms with van der Waals surface area (Å²) in [6.07, 6.45) is 1.77. The van der Waals surface area contributed by atoms with Crippen LogP contribution in [0.3, 0.4) is 0 Å². The number of unbranched alkanes of at least 4 members (excludes halogenated alkanes) is 1. The summed E-state index contributed by atoms with van der Waals surface area (Å²) in [5.41, 5.74) is 0. The summed E-state index contributed by atoms with van der Waals surface area (Å²) >= 11 is 0. The van der Waals surface area contributed by atoms with Gasteiger partial charge < -0.3 is 6.15 Å². The van der Waals surface area contributed by atoms with E-state index in [2.05, 4.69) is 0 Å². The predicted octanol–water partition coefficient (Wildman–Crippen LogP) is 0.712. The van der Waals surface area contributed by atoms with Crippen molar-refractivity contribution >= 4 is 10.7 Å². The minimum absolute atomic E-state index is 0. The van der Waals surface area contributed by atoms with E-state index in [1.165, 1.54) is 0 Å². The van der Waals surface area contributed by atoms with Crippen LogP contribution in [0.1, 0.15) is 19.8 Å². The molecular formula is C4H14FNO2S. The Morgan fingerprint density at radius 2 is 1.78 bits per heavy atom. The largest absolute Gasteiger partial charge is 0.344 e. The monoisotopic (exact) mass is 159 g/mol. The third kappa shape index (κ3) is 18.1. The average Bonchev–Trinajstić information content (AvgIpc) is 1.61. The molecule has 0 saturated heterocycles. The van der Waals surface area contributed by atoms with Gasteiger partial charge in [-0.25, -0.2) is 8.42 Å². The number of halogens is 1. The lowest BCUT2D eigenvalue weighted by Gasteiger charge is -1.81. The fourth-order valence-corrected chi connectivity index (χ4v) is 0.862. The number of thiol groups is 1. The second-order valence-corrected chi connectivity index (χ2v) is 2.52. The van der Waals surface area contributed by atoms with E-state index in [9.17, 15) is 8.42 Å². The van der Waals surface area contributed by atoms with E-state index in [1.54, 1.807) is 0 Å². The van der Waals surface area contributed by atoms with E-state index in [-0.39, 0.29) is 10.9 Å². The van der Waals surface area contributed by atoms with E-state index < -0.39 is 10.7 Å². The SMILES string of the molecule is CCCC[SH](=O)=O.F.N. The number of rotatable bonds is 3. The Labute approximate surface area is 56.4 Å². The van der Waals surface area contributed by atoms with Gasteiger partial charge in [-0.3, -0.25) is 4.70 Å². The molecule has 3 N–H and O–H groups in total. The smallest absolute Gasteiger partial charge is 0.140 e. The van der Waals surface area contributed by atoms with Crippen LogP contribution in [-0.4, -0.2) is 14.2 Å². The van der Waals surface area contributed by atoms with E-state index in [0.717, 1.165) is 12.8 Å². The molecule has 3 nitrogen and oxygen atoms in total. The standard InChI is InChI=1S/C4H10O2S.FH.H3N/c1-2-3-4-7(5)6;;/h7H,2-4H2,1H3;1H;1H3. The molecule has 0 amide bonds. The molecule has 0 bridgehead atoms. The van der Waals surface area contributed by atoms with Crippen LogP contribution >= 0.6 is 0 Å². The summed E-state index contributed by atoms with van der Waals surface area (Å²) in [4.78, 5) is 0. The van der Waals surface area contributed by atoms with Crippen molar-refractivity contribution in [3.05, 3.63) is 0 Å². The Balaban J connectivity index is -0.000000180. The first kappa shape index (κ1) is 15.9. The average molecular weight is 159 g/mol. The molecule has 60 valence electrons. The van der Waals surface area contributed by atoms with Gasteiger partial charge in [-0.05, 0) is 6.42 Å². The van der Waals surface area contributed by atoms with Gasteiger partial charge in [0.05, 0.1) is 0 Å². The minimum Gasteiger partial charge on any atom is -0.344 e. The Kier molecular flexibility index (Phi) is 19.0. The molecule has 0 aromatic rings. The Hall–Kier alpha value is -0.160. The Morgan fingerprint density at radius 1 is 1.33 bits per heavy atom. The fourth-order valence-electron chi connectivity index (χ4n) is 0.287. The van der Waals surface area contributed by atoms with Crippen molar-refractivity contribution in [3.63, 3.8) is 0 Å². The fraction of sp³-hybridized carbons (Fsp3) is 1.00. The highest BCUT2D eigenvalue weighted by Gasteiger charge is 1.81. The highest BCUT2D eigenvalue weighted by Crippen LogP contribution is 1.83. The minimum atomic E-state index is -2.11. The van der Waals surface area contributed by atoms with Crippen molar-refractivity contribution in [1.29, 1.82) is 0 Å². The molecule has 0 radical (unpaired) electrons. The molecule has 0 atom stereocenters. The van der Waals surface area contributed by atoms with E-state index >= 15 is 0 Å². The number of hydrogen-bond donors (Lipinski definition) is 2. The molecule has 0 aliphatic heterocycles. The van der Waals surface area contributed by atoms with Gasteiger partial charge in [-0.15, -0.1) is 0 Å².